The third-order valence-electron chi connectivity index (χ3n) is 5.46. The van der Waals surface area contributed by atoms with Gasteiger partial charge in [0.25, 0.3) is 5.91 Å². The highest BCUT2D eigenvalue weighted by molar-refractivity contribution is 5.77. The van der Waals surface area contributed by atoms with E-state index in [4.69, 9.17) is 4.74 Å². The molecule has 3 rings (SSSR count). The summed E-state index contributed by atoms with van der Waals surface area (Å²) >= 11 is 0. The number of amides is 1. The van der Waals surface area contributed by atoms with Crippen LogP contribution < -0.4 is 15.0 Å². The summed E-state index contributed by atoms with van der Waals surface area (Å²) < 4.78 is 19.0. The number of piperazine rings is 1. The molecule has 1 aliphatic rings. The van der Waals surface area contributed by atoms with Crippen molar-refractivity contribution >= 4 is 11.6 Å². The Morgan fingerprint density at radius 1 is 1.10 bits per heavy atom. The number of hydrogen-bond acceptors (Lipinski definition) is 5. The molecule has 0 unspecified atom stereocenters. The van der Waals surface area contributed by atoms with Crippen molar-refractivity contribution in [3.05, 3.63) is 59.9 Å². The lowest BCUT2D eigenvalue weighted by molar-refractivity contribution is -0.123. The highest BCUT2D eigenvalue weighted by Gasteiger charge is 2.24. The Bertz CT molecular complexity index is 820. The second-order valence-electron chi connectivity index (χ2n) is 7.86. The zero-order valence-corrected chi connectivity index (χ0v) is 18.0. The molecule has 0 spiro atoms. The van der Waals surface area contributed by atoms with E-state index in [1.165, 1.54) is 17.7 Å². The minimum absolute atomic E-state index is 0.0762. The van der Waals surface area contributed by atoms with E-state index in [-0.39, 0.29) is 24.3 Å². The SMILES string of the molecule is CN1CCN([C@@H](CNC(=O)COc2ccccc2F)c2ccc(N(C)C)cc2)CC1. The second kappa shape index (κ2) is 10.4. The molecular weight excluding hydrogens is 383 g/mol. The Balaban J connectivity index is 1.63. The highest BCUT2D eigenvalue weighted by Crippen LogP contribution is 2.24. The number of halogens is 1. The van der Waals surface area contributed by atoms with Crippen molar-refractivity contribution < 1.29 is 13.9 Å². The van der Waals surface area contributed by atoms with Gasteiger partial charge in [-0.15, -0.1) is 0 Å². The maximum atomic E-state index is 13.7. The average molecular weight is 415 g/mol. The van der Waals surface area contributed by atoms with E-state index in [9.17, 15) is 9.18 Å². The Morgan fingerprint density at radius 2 is 1.77 bits per heavy atom. The van der Waals surface area contributed by atoms with E-state index in [0.29, 0.717) is 6.54 Å². The molecule has 1 atom stereocenters. The van der Waals surface area contributed by atoms with Crippen LogP contribution >= 0.6 is 0 Å². The van der Waals surface area contributed by atoms with Gasteiger partial charge in [0.15, 0.2) is 18.2 Å². The molecule has 0 radical (unpaired) electrons. The Hall–Kier alpha value is -2.64. The lowest BCUT2D eigenvalue weighted by Gasteiger charge is -2.38. The van der Waals surface area contributed by atoms with Crippen LogP contribution in [0, 0.1) is 5.82 Å². The normalized spacial score (nSPS) is 16.1. The van der Waals surface area contributed by atoms with Crippen molar-refractivity contribution in [1.29, 1.82) is 0 Å². The quantitative estimate of drug-likeness (QED) is 0.719. The summed E-state index contributed by atoms with van der Waals surface area (Å²) in [5.41, 5.74) is 2.30. The van der Waals surface area contributed by atoms with Crippen LogP contribution in [0.1, 0.15) is 11.6 Å². The van der Waals surface area contributed by atoms with E-state index in [1.54, 1.807) is 12.1 Å². The van der Waals surface area contributed by atoms with Gasteiger partial charge in [-0.3, -0.25) is 9.69 Å². The number of carbonyl (C=O) groups is 1. The minimum Gasteiger partial charge on any atom is -0.481 e. The van der Waals surface area contributed by atoms with Crippen LogP contribution in [0.2, 0.25) is 0 Å². The fourth-order valence-corrected chi connectivity index (χ4v) is 3.55. The van der Waals surface area contributed by atoms with Gasteiger partial charge in [-0.2, -0.15) is 0 Å². The Kier molecular flexibility index (Phi) is 7.65. The standard InChI is InChI=1S/C23H31FN4O2/c1-26(2)19-10-8-18(9-11-19)21(28-14-12-27(3)13-15-28)16-25-23(29)17-30-22-7-5-4-6-20(22)24/h4-11,21H,12-17H2,1-3H3,(H,25,29)/t21-/m0/s1. The molecule has 0 saturated carbocycles. The molecule has 2 aromatic carbocycles. The first-order valence-electron chi connectivity index (χ1n) is 10.3. The van der Waals surface area contributed by atoms with Crippen LogP contribution in [0.15, 0.2) is 48.5 Å². The van der Waals surface area contributed by atoms with E-state index in [1.807, 2.05) is 14.1 Å². The molecule has 0 aromatic heterocycles. The van der Waals surface area contributed by atoms with Gasteiger partial charge in [0, 0.05) is 52.5 Å². The maximum absolute atomic E-state index is 13.7. The second-order valence-corrected chi connectivity index (χ2v) is 7.86. The number of nitrogens with one attached hydrogen (secondary N) is 1. The van der Waals surface area contributed by atoms with Gasteiger partial charge in [0.1, 0.15) is 0 Å². The van der Waals surface area contributed by atoms with Gasteiger partial charge < -0.3 is 19.9 Å². The third-order valence-corrected chi connectivity index (χ3v) is 5.46. The van der Waals surface area contributed by atoms with Gasteiger partial charge in [0.05, 0.1) is 6.04 Å². The summed E-state index contributed by atoms with van der Waals surface area (Å²) in [5.74, 6) is -0.647. The van der Waals surface area contributed by atoms with Gasteiger partial charge in [-0.05, 0) is 36.9 Å². The van der Waals surface area contributed by atoms with E-state index >= 15 is 0 Å². The number of likely N-dealkylation sites (N-methyl/N-ethyl adjacent to an activating group) is 1. The number of ether oxygens (including phenoxy) is 1. The Labute approximate surface area is 178 Å². The molecule has 162 valence electrons. The fraction of sp³-hybridized carbons (Fsp3) is 0.435. The Morgan fingerprint density at radius 3 is 2.40 bits per heavy atom. The van der Waals surface area contributed by atoms with Crippen LogP contribution in [-0.2, 0) is 4.79 Å². The monoisotopic (exact) mass is 414 g/mol. The molecule has 0 aliphatic carbocycles. The smallest absolute Gasteiger partial charge is 0.258 e. The number of nitrogens with zero attached hydrogens (tertiary/aromatic N) is 3. The van der Waals surface area contributed by atoms with Crippen molar-refractivity contribution in [3.63, 3.8) is 0 Å². The first kappa shape index (κ1) is 22.1. The minimum atomic E-state index is -0.471. The van der Waals surface area contributed by atoms with Crippen LogP contribution in [0.5, 0.6) is 5.75 Å². The molecule has 1 N–H and O–H groups in total. The number of hydrogen-bond donors (Lipinski definition) is 1. The molecule has 7 heteroatoms. The van der Waals surface area contributed by atoms with Gasteiger partial charge in [-0.25, -0.2) is 4.39 Å². The molecule has 2 aromatic rings. The molecule has 1 heterocycles. The molecule has 0 bridgehead atoms. The summed E-state index contributed by atoms with van der Waals surface area (Å²) in [7, 11) is 6.16. The first-order valence-corrected chi connectivity index (χ1v) is 10.3. The van der Waals surface area contributed by atoms with E-state index in [0.717, 1.165) is 31.9 Å². The number of carbonyl (C=O) groups excluding carboxylic acids is 1. The van der Waals surface area contributed by atoms with Crippen LogP contribution in [0.4, 0.5) is 10.1 Å². The molecule has 30 heavy (non-hydrogen) atoms. The predicted octanol–water partition coefficient (Wildman–Crippen LogP) is 2.38. The molecular formula is C23H31FN4O2. The van der Waals surface area contributed by atoms with Crippen LogP contribution in [0.3, 0.4) is 0 Å². The first-order chi connectivity index (χ1) is 14.4. The molecule has 6 nitrogen and oxygen atoms in total. The molecule has 1 amide bonds. The summed E-state index contributed by atoms with van der Waals surface area (Å²) in [4.78, 5) is 19.1. The lowest BCUT2D eigenvalue weighted by atomic mass is 10.0. The van der Waals surface area contributed by atoms with Gasteiger partial charge >= 0.3 is 0 Å². The topological polar surface area (TPSA) is 48.1 Å². The number of para-hydroxylation sites is 1. The zero-order chi connectivity index (χ0) is 21.5. The van der Waals surface area contributed by atoms with Crippen molar-refractivity contribution in [2.75, 3.05) is 65.4 Å². The summed E-state index contributed by atoms with van der Waals surface area (Å²) in [6.45, 7) is 4.14. The average Bonchev–Trinajstić information content (AvgIpc) is 2.75. The number of anilines is 1. The largest absolute Gasteiger partial charge is 0.481 e. The van der Waals surface area contributed by atoms with Gasteiger partial charge in [-0.1, -0.05) is 24.3 Å². The van der Waals surface area contributed by atoms with Crippen LogP contribution in [-0.4, -0.2) is 76.2 Å². The van der Waals surface area contributed by atoms with Crippen molar-refractivity contribution in [3.8, 4) is 5.75 Å². The molecule has 1 saturated heterocycles. The van der Waals surface area contributed by atoms with Crippen molar-refractivity contribution in [2.24, 2.45) is 0 Å². The summed E-state index contributed by atoms with van der Waals surface area (Å²) in [5, 5.41) is 2.96. The van der Waals surface area contributed by atoms with E-state index < -0.39 is 5.82 Å². The van der Waals surface area contributed by atoms with E-state index in [2.05, 4.69) is 51.3 Å². The van der Waals surface area contributed by atoms with Gasteiger partial charge in [0.2, 0.25) is 0 Å². The maximum Gasteiger partial charge on any atom is 0.258 e. The predicted molar refractivity (Wildman–Crippen MR) is 117 cm³/mol. The van der Waals surface area contributed by atoms with Crippen LogP contribution in [0.25, 0.3) is 0 Å². The lowest BCUT2D eigenvalue weighted by Crippen LogP contribution is -2.48. The summed E-state index contributed by atoms with van der Waals surface area (Å²) in [6.07, 6.45) is 0. The summed E-state index contributed by atoms with van der Waals surface area (Å²) in [6, 6.07) is 14.6. The zero-order valence-electron chi connectivity index (χ0n) is 18.0. The highest BCUT2D eigenvalue weighted by atomic mass is 19.1. The van der Waals surface area contributed by atoms with Crippen molar-refractivity contribution in [2.45, 2.75) is 6.04 Å². The number of benzene rings is 2. The molecule has 1 fully saturated rings. The molecule has 1 aliphatic heterocycles. The third kappa shape index (κ3) is 5.93. The number of rotatable bonds is 8. The van der Waals surface area contributed by atoms with Crippen molar-refractivity contribution in [1.82, 2.24) is 15.1 Å². The fourth-order valence-electron chi connectivity index (χ4n) is 3.55.